The third-order valence-corrected chi connectivity index (χ3v) is 9.91. The maximum Gasteiger partial charge on any atom is 0.403 e. The van der Waals surface area contributed by atoms with E-state index < -0.39 is 5.43 Å². The summed E-state index contributed by atoms with van der Waals surface area (Å²) in [5.41, 5.74) is 11.3. The van der Waals surface area contributed by atoms with Gasteiger partial charge in [0.15, 0.2) is 0 Å². The Kier molecular flexibility index (Phi) is 23.3. The number of benzene rings is 4. The van der Waals surface area contributed by atoms with E-state index in [1.807, 2.05) is 30.3 Å². The Labute approximate surface area is 397 Å². The molecular formula is C48H48Cl5F2N3O6. The Hall–Kier alpha value is -5.01. The van der Waals surface area contributed by atoms with E-state index in [4.69, 9.17) is 77.9 Å². The third-order valence-electron chi connectivity index (χ3n) is 9.02. The first-order valence-electron chi connectivity index (χ1n) is 19.3. The van der Waals surface area contributed by atoms with Gasteiger partial charge in [-0.25, -0.2) is 13.6 Å². The number of carbonyl (C=O) groups is 2. The van der Waals surface area contributed by atoms with E-state index >= 15 is 8.78 Å². The van der Waals surface area contributed by atoms with Gasteiger partial charge in [-0.1, -0.05) is 79.2 Å². The number of carbonyl (C=O) groups excluding carboxylic acids is 2. The summed E-state index contributed by atoms with van der Waals surface area (Å²) >= 11 is 27.5. The lowest BCUT2D eigenvalue weighted by Gasteiger charge is -2.14. The average Bonchev–Trinajstić information content (AvgIpc) is 3.29. The number of hydrogen-bond donors (Lipinski definition) is 1. The number of alkyl halides is 2. The van der Waals surface area contributed by atoms with Crippen molar-refractivity contribution in [3.05, 3.63) is 165 Å². The van der Waals surface area contributed by atoms with E-state index in [-0.39, 0.29) is 50.5 Å². The van der Waals surface area contributed by atoms with Gasteiger partial charge in [0.05, 0.1) is 49.2 Å². The highest BCUT2D eigenvalue weighted by molar-refractivity contribution is 6.61. The number of hydrogen-bond acceptors (Lipinski definition) is 9. The van der Waals surface area contributed by atoms with Crippen molar-refractivity contribution in [2.45, 2.75) is 39.7 Å². The van der Waals surface area contributed by atoms with Crippen LogP contribution in [0.25, 0.3) is 22.3 Å². The van der Waals surface area contributed by atoms with Crippen LogP contribution in [-0.2, 0) is 40.1 Å². The summed E-state index contributed by atoms with van der Waals surface area (Å²) in [6.07, 6.45) is 4.93. The Balaban J connectivity index is 0.000000297. The van der Waals surface area contributed by atoms with E-state index in [9.17, 15) is 9.59 Å². The van der Waals surface area contributed by atoms with Gasteiger partial charge in [0.1, 0.15) is 36.3 Å². The molecule has 0 aliphatic rings. The molecule has 9 nitrogen and oxygen atoms in total. The van der Waals surface area contributed by atoms with Gasteiger partial charge in [0.2, 0.25) is 0 Å². The molecule has 6 rings (SSSR count). The molecule has 2 N–H and O–H groups in total. The number of aromatic nitrogens is 2. The lowest BCUT2D eigenvalue weighted by molar-refractivity contribution is -0.142. The summed E-state index contributed by atoms with van der Waals surface area (Å²) in [5.74, 6) is 0.508. The standard InChI is InChI=1S/C24H22Cl2FNO3.C20H18ClFN2O.C3H4Cl2O2.CH4/c1-30-21-9-6-18(24(27)23(21)17-3-2-4-19(26)14-17)13-16-5-7-20(28-15-16)8-10-22(29)31-12-11-25;1-25-18-8-6-15(9-13-5-7-17(11-23)24-12-13)20(22)19(18)14-3-2-4-16(21)10-14;4-1-2-7-3(5)6;/h2-7,9,14-15H,8,10-13H2,1H3;2-8,10,12H,9,11,23H2,1H3;1-2H2;1H4. The topological polar surface area (TPSA) is 123 Å². The van der Waals surface area contributed by atoms with Crippen molar-refractivity contribution in [2.24, 2.45) is 5.73 Å². The highest BCUT2D eigenvalue weighted by Crippen LogP contribution is 2.37. The fourth-order valence-electron chi connectivity index (χ4n) is 6.04. The zero-order valence-corrected chi connectivity index (χ0v) is 38.1. The lowest BCUT2D eigenvalue weighted by atomic mass is 9.97. The van der Waals surface area contributed by atoms with Crippen molar-refractivity contribution < 1.29 is 37.3 Å². The minimum Gasteiger partial charge on any atom is -0.496 e. The normalized spacial score (nSPS) is 10.3. The molecule has 2 aromatic heterocycles. The predicted octanol–water partition coefficient (Wildman–Crippen LogP) is 12.7. The first-order valence-corrected chi connectivity index (χ1v) is 21.5. The van der Waals surface area contributed by atoms with Crippen molar-refractivity contribution in [3.8, 4) is 33.8 Å². The van der Waals surface area contributed by atoms with Crippen LogP contribution in [0.15, 0.2) is 109 Å². The maximum atomic E-state index is 15.4. The van der Waals surface area contributed by atoms with E-state index in [0.29, 0.717) is 86.6 Å². The second-order valence-electron chi connectivity index (χ2n) is 13.3. The summed E-state index contributed by atoms with van der Waals surface area (Å²) in [4.78, 5) is 29.9. The molecule has 16 heteroatoms. The van der Waals surface area contributed by atoms with Crippen molar-refractivity contribution in [1.29, 1.82) is 0 Å². The van der Waals surface area contributed by atoms with Gasteiger partial charge in [-0.3, -0.25) is 14.8 Å². The summed E-state index contributed by atoms with van der Waals surface area (Å²) in [6, 6.07) is 28.6. The summed E-state index contributed by atoms with van der Waals surface area (Å²) in [6.45, 7) is 0.775. The number of pyridine rings is 2. The number of nitrogens with zero attached hydrogens (tertiary/aromatic N) is 2. The van der Waals surface area contributed by atoms with Gasteiger partial charge < -0.3 is 24.7 Å². The first-order chi connectivity index (χ1) is 30.4. The molecule has 6 aromatic rings. The molecule has 0 saturated heterocycles. The second kappa shape index (κ2) is 28.0. The van der Waals surface area contributed by atoms with Crippen molar-refractivity contribution in [2.75, 3.05) is 39.2 Å². The molecule has 4 aromatic carbocycles. The number of ether oxygens (including phenoxy) is 4. The van der Waals surface area contributed by atoms with E-state index in [0.717, 1.165) is 22.5 Å². The number of aryl methyl sites for hydroxylation is 1. The van der Waals surface area contributed by atoms with Crippen molar-refractivity contribution in [1.82, 2.24) is 9.97 Å². The Morgan fingerprint density at radius 3 is 1.50 bits per heavy atom. The monoisotopic (exact) mass is 975 g/mol. The molecule has 0 aliphatic carbocycles. The Morgan fingerprint density at radius 2 is 1.12 bits per heavy atom. The number of esters is 1. The van der Waals surface area contributed by atoms with Crippen LogP contribution in [0.1, 0.15) is 47.5 Å². The molecule has 0 amide bonds. The molecule has 0 atom stereocenters. The summed E-state index contributed by atoms with van der Waals surface area (Å²) in [5, 5.41) is 1.07. The van der Waals surface area contributed by atoms with Crippen molar-refractivity contribution in [3.63, 3.8) is 0 Å². The zero-order valence-electron chi connectivity index (χ0n) is 34.3. The van der Waals surface area contributed by atoms with Crippen LogP contribution in [0.5, 0.6) is 11.5 Å². The number of nitrogens with two attached hydrogens (primary N) is 1. The predicted molar refractivity (Wildman–Crippen MR) is 253 cm³/mol. The van der Waals surface area contributed by atoms with E-state index in [1.54, 1.807) is 79.1 Å². The van der Waals surface area contributed by atoms with Gasteiger partial charge in [0.25, 0.3) is 0 Å². The van der Waals surface area contributed by atoms with Crippen LogP contribution in [0, 0.1) is 11.6 Å². The van der Waals surface area contributed by atoms with E-state index in [1.165, 1.54) is 14.2 Å². The Morgan fingerprint density at radius 1 is 0.656 bits per heavy atom. The summed E-state index contributed by atoms with van der Waals surface area (Å²) in [7, 11) is 3.04. The van der Waals surface area contributed by atoms with Gasteiger partial charge >= 0.3 is 11.4 Å². The quantitative estimate of drug-likeness (QED) is 0.0574. The third kappa shape index (κ3) is 16.5. The van der Waals surface area contributed by atoms with Crippen molar-refractivity contribution >= 4 is 69.4 Å². The van der Waals surface area contributed by atoms with Crippen LogP contribution in [0.3, 0.4) is 0 Å². The number of halogens is 7. The molecule has 0 fully saturated rings. The number of rotatable bonds is 16. The first kappa shape index (κ1) is 53.3. The molecule has 2 heterocycles. The average molecular weight is 978 g/mol. The Bertz CT molecular complexity index is 2410. The van der Waals surface area contributed by atoms with Crippen LogP contribution < -0.4 is 15.2 Å². The number of methoxy groups -OCH3 is 2. The van der Waals surface area contributed by atoms with Crippen LogP contribution in [0.2, 0.25) is 10.0 Å². The van der Waals surface area contributed by atoms with Gasteiger partial charge in [-0.2, -0.15) is 0 Å². The summed E-state index contributed by atoms with van der Waals surface area (Å²) < 4.78 is 50.5. The molecule has 0 saturated carbocycles. The smallest absolute Gasteiger partial charge is 0.403 e. The SMILES string of the molecule is C.COc1ccc(Cc2ccc(CCC(=O)OCCCl)nc2)c(F)c1-c1cccc(Cl)c1.COc1ccc(Cc2ccc(CN)nc2)c(F)c1-c1cccc(Cl)c1.O=C(Cl)OCCCl. The molecule has 0 bridgehead atoms. The van der Waals surface area contributed by atoms with Gasteiger partial charge in [-0.15, -0.1) is 23.2 Å². The molecule has 64 heavy (non-hydrogen) atoms. The molecular weight excluding hydrogens is 930 g/mol. The van der Waals surface area contributed by atoms with Gasteiger partial charge in [-0.05, 0) is 81.9 Å². The highest BCUT2D eigenvalue weighted by Gasteiger charge is 2.18. The van der Waals surface area contributed by atoms with Crippen LogP contribution >= 0.6 is 58.0 Å². The van der Waals surface area contributed by atoms with Crippen LogP contribution in [0.4, 0.5) is 13.6 Å². The largest absolute Gasteiger partial charge is 0.496 e. The fraction of sp³-hybridized carbons (Fsp3) is 0.250. The molecule has 340 valence electrons. The zero-order chi connectivity index (χ0) is 45.7. The molecule has 0 spiro atoms. The molecule has 0 unspecified atom stereocenters. The fourth-order valence-corrected chi connectivity index (χ4v) is 6.66. The second-order valence-corrected chi connectivity index (χ2v) is 15.2. The van der Waals surface area contributed by atoms with Crippen LogP contribution in [-0.4, -0.2) is 60.6 Å². The molecule has 0 aliphatic heterocycles. The van der Waals surface area contributed by atoms with E-state index in [2.05, 4.69) is 14.7 Å². The lowest BCUT2D eigenvalue weighted by Crippen LogP contribution is -2.08. The van der Waals surface area contributed by atoms with Gasteiger partial charge in [0, 0.05) is 65.5 Å². The maximum absolute atomic E-state index is 15.4. The minimum absolute atomic E-state index is 0. The molecule has 0 radical (unpaired) electrons. The minimum atomic E-state index is -0.805. The highest BCUT2D eigenvalue weighted by atomic mass is 35.5.